The summed E-state index contributed by atoms with van der Waals surface area (Å²) >= 11 is 0. The maximum atomic E-state index is 14.5. The van der Waals surface area contributed by atoms with Gasteiger partial charge in [-0.2, -0.15) is 0 Å². The minimum Gasteiger partial charge on any atom is -0.334 e. The molecule has 2 heterocycles. The zero-order valence-electron chi connectivity index (χ0n) is 14.6. The summed E-state index contributed by atoms with van der Waals surface area (Å²) in [5.41, 5.74) is 1.03. The monoisotopic (exact) mass is 360 g/mol. The number of likely N-dealkylation sites (N-methyl/N-ethyl adjacent to an activating group) is 1. The van der Waals surface area contributed by atoms with Gasteiger partial charge in [-0.3, -0.25) is 20.1 Å². The van der Waals surface area contributed by atoms with Crippen molar-refractivity contribution in [2.45, 2.75) is 5.54 Å². The predicted octanol–water partition coefficient (Wildman–Crippen LogP) is 3.13. The molecule has 1 atom stereocenters. The average Bonchev–Trinajstić information content (AvgIpc) is 2.94. The number of aromatic nitrogens is 1. The van der Waals surface area contributed by atoms with E-state index in [2.05, 4.69) is 10.3 Å². The Balaban J connectivity index is 1.96. The molecule has 3 aromatic rings. The van der Waals surface area contributed by atoms with Gasteiger partial charge in [-0.15, -0.1) is 0 Å². The van der Waals surface area contributed by atoms with Crippen LogP contribution < -0.4 is 5.32 Å². The topological polar surface area (TPSA) is 69.1 Å². The van der Waals surface area contributed by atoms with Crippen LogP contribution in [0.3, 0.4) is 0 Å². The second-order valence-corrected chi connectivity index (χ2v) is 6.38. The molecule has 134 valence electrons. The standard InChI is InChI=1S/C21H17FN4O/c1-26-19(27)21(25-20(26)23,15-5-3-2-4-6-15)16-7-8-18(22)17(13-16)14-9-11-24-12-10-14/h2-13H,1H3,(H2,23,25). The van der Waals surface area contributed by atoms with Gasteiger partial charge in [-0.1, -0.05) is 36.4 Å². The van der Waals surface area contributed by atoms with E-state index in [1.165, 1.54) is 11.0 Å². The largest absolute Gasteiger partial charge is 0.334 e. The predicted molar refractivity (Wildman–Crippen MR) is 100 cm³/mol. The number of hydrogen-bond donors (Lipinski definition) is 2. The Bertz CT molecular complexity index is 1020. The highest BCUT2D eigenvalue weighted by atomic mass is 19.1. The maximum absolute atomic E-state index is 14.5. The van der Waals surface area contributed by atoms with Crippen LogP contribution in [0.15, 0.2) is 73.1 Å². The van der Waals surface area contributed by atoms with Gasteiger partial charge in [0.25, 0.3) is 5.91 Å². The Kier molecular flexibility index (Phi) is 3.96. The molecule has 2 N–H and O–H groups in total. The number of guanidine groups is 1. The quantitative estimate of drug-likeness (QED) is 0.754. The molecule has 0 bridgehead atoms. The molecule has 1 aliphatic rings. The lowest BCUT2D eigenvalue weighted by molar-refractivity contribution is -0.129. The molecule has 1 saturated heterocycles. The van der Waals surface area contributed by atoms with E-state index < -0.39 is 5.54 Å². The number of carbonyl (C=O) groups is 1. The molecular formula is C21H17FN4O. The fourth-order valence-corrected chi connectivity index (χ4v) is 3.43. The second-order valence-electron chi connectivity index (χ2n) is 6.38. The van der Waals surface area contributed by atoms with Gasteiger partial charge in [0.1, 0.15) is 5.82 Å². The first-order valence-electron chi connectivity index (χ1n) is 8.45. The number of nitrogens with one attached hydrogen (secondary N) is 2. The van der Waals surface area contributed by atoms with Crippen LogP contribution >= 0.6 is 0 Å². The van der Waals surface area contributed by atoms with E-state index in [9.17, 15) is 9.18 Å². The van der Waals surface area contributed by atoms with Crippen molar-refractivity contribution in [3.8, 4) is 11.1 Å². The molecule has 1 unspecified atom stereocenters. The van der Waals surface area contributed by atoms with Crippen LogP contribution in [-0.2, 0) is 10.3 Å². The fraction of sp³-hybridized carbons (Fsp3) is 0.0952. The van der Waals surface area contributed by atoms with E-state index in [0.29, 0.717) is 22.3 Å². The Morgan fingerprint density at radius 2 is 1.74 bits per heavy atom. The zero-order chi connectivity index (χ0) is 19.0. The molecule has 27 heavy (non-hydrogen) atoms. The minimum absolute atomic E-state index is 0.00126. The van der Waals surface area contributed by atoms with E-state index in [-0.39, 0.29) is 17.7 Å². The number of hydrogen-bond acceptors (Lipinski definition) is 3. The van der Waals surface area contributed by atoms with Crippen molar-refractivity contribution in [2.24, 2.45) is 0 Å². The van der Waals surface area contributed by atoms with E-state index in [1.54, 1.807) is 43.7 Å². The summed E-state index contributed by atoms with van der Waals surface area (Å²) in [7, 11) is 1.55. The van der Waals surface area contributed by atoms with Crippen molar-refractivity contribution in [1.82, 2.24) is 15.2 Å². The third-order valence-corrected chi connectivity index (χ3v) is 4.86. The highest BCUT2D eigenvalue weighted by molar-refractivity contribution is 6.10. The van der Waals surface area contributed by atoms with E-state index in [1.807, 2.05) is 30.3 Å². The Morgan fingerprint density at radius 3 is 2.37 bits per heavy atom. The summed E-state index contributed by atoms with van der Waals surface area (Å²) < 4.78 is 14.5. The van der Waals surface area contributed by atoms with Crippen molar-refractivity contribution >= 4 is 11.9 Å². The first-order chi connectivity index (χ1) is 13.0. The molecule has 0 radical (unpaired) electrons. The van der Waals surface area contributed by atoms with Gasteiger partial charge in [0.2, 0.25) is 0 Å². The number of rotatable bonds is 3. The van der Waals surface area contributed by atoms with Gasteiger partial charge in [0.15, 0.2) is 11.5 Å². The molecule has 1 amide bonds. The highest BCUT2D eigenvalue weighted by Crippen LogP contribution is 2.37. The number of carbonyl (C=O) groups excluding carboxylic acids is 1. The average molecular weight is 360 g/mol. The van der Waals surface area contributed by atoms with Crippen molar-refractivity contribution < 1.29 is 9.18 Å². The summed E-state index contributed by atoms with van der Waals surface area (Å²) in [6.07, 6.45) is 3.19. The summed E-state index contributed by atoms with van der Waals surface area (Å²) in [4.78, 5) is 18.4. The number of nitrogens with zero attached hydrogens (tertiary/aromatic N) is 2. The van der Waals surface area contributed by atoms with E-state index in [0.717, 1.165) is 0 Å². The van der Waals surface area contributed by atoms with Gasteiger partial charge in [-0.25, -0.2) is 4.39 Å². The summed E-state index contributed by atoms with van der Waals surface area (Å²) in [5, 5.41) is 11.1. The summed E-state index contributed by atoms with van der Waals surface area (Å²) in [5.74, 6) is -0.674. The molecule has 2 aromatic carbocycles. The first kappa shape index (κ1) is 16.9. The lowest BCUT2D eigenvalue weighted by Gasteiger charge is -2.28. The summed E-state index contributed by atoms with van der Waals surface area (Å²) in [6, 6.07) is 17.2. The molecular weight excluding hydrogens is 343 g/mol. The zero-order valence-corrected chi connectivity index (χ0v) is 14.6. The lowest BCUT2D eigenvalue weighted by atomic mass is 9.81. The number of pyridine rings is 1. The number of benzene rings is 2. The van der Waals surface area contributed by atoms with Crippen LogP contribution in [0.2, 0.25) is 0 Å². The van der Waals surface area contributed by atoms with Crippen molar-refractivity contribution in [3.63, 3.8) is 0 Å². The van der Waals surface area contributed by atoms with E-state index in [4.69, 9.17) is 5.41 Å². The third kappa shape index (κ3) is 2.57. The maximum Gasteiger partial charge on any atom is 0.264 e. The molecule has 6 heteroatoms. The molecule has 4 rings (SSSR count). The Morgan fingerprint density at radius 1 is 1.04 bits per heavy atom. The highest BCUT2D eigenvalue weighted by Gasteiger charge is 2.51. The van der Waals surface area contributed by atoms with Gasteiger partial charge in [-0.05, 0) is 41.0 Å². The number of amides is 1. The second kappa shape index (κ2) is 6.32. The molecule has 1 aromatic heterocycles. The molecule has 5 nitrogen and oxygen atoms in total. The Hall–Kier alpha value is -3.54. The number of halogens is 1. The molecule has 0 saturated carbocycles. The van der Waals surface area contributed by atoms with Gasteiger partial charge < -0.3 is 5.32 Å². The molecule has 0 aliphatic carbocycles. The van der Waals surface area contributed by atoms with Gasteiger partial charge in [0, 0.05) is 25.0 Å². The van der Waals surface area contributed by atoms with Crippen LogP contribution in [0, 0.1) is 11.2 Å². The van der Waals surface area contributed by atoms with Crippen molar-refractivity contribution in [3.05, 3.63) is 90.0 Å². The van der Waals surface area contributed by atoms with Crippen molar-refractivity contribution in [1.29, 1.82) is 5.41 Å². The smallest absolute Gasteiger partial charge is 0.264 e. The van der Waals surface area contributed by atoms with E-state index >= 15 is 0 Å². The third-order valence-electron chi connectivity index (χ3n) is 4.86. The molecule has 1 fully saturated rings. The first-order valence-corrected chi connectivity index (χ1v) is 8.45. The van der Waals surface area contributed by atoms with Crippen molar-refractivity contribution in [2.75, 3.05) is 7.05 Å². The molecule has 0 spiro atoms. The summed E-state index contributed by atoms with van der Waals surface area (Å²) in [6.45, 7) is 0. The van der Waals surface area contributed by atoms with Crippen LogP contribution in [0.1, 0.15) is 11.1 Å². The van der Waals surface area contributed by atoms with Crippen LogP contribution in [0.25, 0.3) is 11.1 Å². The van der Waals surface area contributed by atoms with Crippen LogP contribution in [-0.4, -0.2) is 28.8 Å². The minimum atomic E-state index is -1.28. The lowest BCUT2D eigenvalue weighted by Crippen LogP contribution is -2.45. The SMILES string of the molecule is CN1C(=N)NC(c2ccccc2)(c2ccc(F)c(-c3ccncc3)c2)C1=O. The van der Waals surface area contributed by atoms with Crippen LogP contribution in [0.4, 0.5) is 4.39 Å². The Labute approximate surface area is 156 Å². The van der Waals surface area contributed by atoms with Gasteiger partial charge in [0.05, 0.1) is 0 Å². The fourth-order valence-electron chi connectivity index (χ4n) is 3.43. The van der Waals surface area contributed by atoms with Gasteiger partial charge >= 0.3 is 0 Å². The molecule has 1 aliphatic heterocycles. The normalized spacial score (nSPS) is 19.3. The van der Waals surface area contributed by atoms with Crippen LogP contribution in [0.5, 0.6) is 0 Å².